The average Bonchev–Trinajstić information content (AvgIpc) is 3.11. The molecule has 1 amide bonds. The second-order valence-electron chi connectivity index (χ2n) is 7.39. The van der Waals surface area contributed by atoms with E-state index in [1.807, 2.05) is 42.7 Å². The molecule has 0 saturated carbocycles. The lowest BCUT2D eigenvalue weighted by molar-refractivity contribution is 0.102. The van der Waals surface area contributed by atoms with E-state index in [4.69, 9.17) is 0 Å². The Labute approximate surface area is 181 Å². The van der Waals surface area contributed by atoms with E-state index in [2.05, 4.69) is 10.3 Å². The third-order valence-corrected chi connectivity index (χ3v) is 6.85. The zero-order valence-electron chi connectivity index (χ0n) is 17.4. The van der Waals surface area contributed by atoms with E-state index in [-0.39, 0.29) is 11.7 Å². The number of rotatable bonds is 6. The Kier molecular flexibility index (Phi) is 5.61. The molecular formula is C24H23N3O3S. The monoisotopic (exact) mass is 433 g/mol. The van der Waals surface area contributed by atoms with Crippen molar-refractivity contribution in [3.05, 3.63) is 89.5 Å². The van der Waals surface area contributed by atoms with Gasteiger partial charge in [0, 0.05) is 12.1 Å². The van der Waals surface area contributed by atoms with Crippen LogP contribution in [-0.4, -0.2) is 23.9 Å². The molecule has 0 aliphatic carbocycles. The highest BCUT2D eigenvalue weighted by atomic mass is 32.2. The number of carbonyl (C=O) groups excluding carboxylic acids is 1. The van der Waals surface area contributed by atoms with Crippen molar-refractivity contribution in [3.8, 4) is 0 Å². The number of aromatic nitrogens is 2. The minimum atomic E-state index is -3.45. The standard InChI is InChI=1S/C24H23N3O3S/c1-3-27-22-7-5-4-6-21(22)25-24(27)26-23(28)19-12-10-18(11-13-19)16-31(29,30)20-14-8-17(2)9-15-20/h4-15H,3,16H2,1-2H3,(H,25,26,28). The van der Waals surface area contributed by atoms with Crippen LogP contribution in [0.15, 0.2) is 77.7 Å². The molecule has 4 rings (SSSR count). The first-order valence-electron chi connectivity index (χ1n) is 10.0. The third kappa shape index (κ3) is 4.36. The number of imidazole rings is 1. The number of anilines is 1. The summed E-state index contributed by atoms with van der Waals surface area (Å²) in [5.74, 6) is 0.0709. The Hall–Kier alpha value is -3.45. The molecule has 6 nitrogen and oxygen atoms in total. The number of hydrogen-bond acceptors (Lipinski definition) is 4. The summed E-state index contributed by atoms with van der Waals surface area (Å²) in [6, 6.07) is 21.1. The maximum atomic E-state index is 12.7. The number of aryl methyl sites for hydroxylation is 2. The number of hydrogen-bond donors (Lipinski definition) is 1. The topological polar surface area (TPSA) is 81.1 Å². The minimum absolute atomic E-state index is 0.121. The van der Waals surface area contributed by atoms with Crippen LogP contribution in [0.25, 0.3) is 11.0 Å². The number of amides is 1. The first kappa shape index (κ1) is 20.8. The van der Waals surface area contributed by atoms with Gasteiger partial charge in [-0.3, -0.25) is 10.1 Å². The fraction of sp³-hybridized carbons (Fsp3) is 0.167. The van der Waals surface area contributed by atoms with E-state index in [1.54, 1.807) is 48.5 Å². The summed E-state index contributed by atoms with van der Waals surface area (Å²) in [5.41, 5.74) is 3.84. The summed E-state index contributed by atoms with van der Waals surface area (Å²) in [6.07, 6.45) is 0. The van der Waals surface area contributed by atoms with Crippen LogP contribution < -0.4 is 5.32 Å². The maximum absolute atomic E-state index is 12.7. The maximum Gasteiger partial charge on any atom is 0.257 e. The van der Waals surface area contributed by atoms with Gasteiger partial charge in [0.1, 0.15) is 0 Å². The van der Waals surface area contributed by atoms with Crippen LogP contribution in [0, 0.1) is 6.92 Å². The number of carbonyl (C=O) groups is 1. The third-order valence-electron chi connectivity index (χ3n) is 5.15. The van der Waals surface area contributed by atoms with E-state index in [1.165, 1.54) is 0 Å². The zero-order chi connectivity index (χ0) is 22.0. The molecule has 1 N–H and O–H groups in total. The number of sulfone groups is 1. The highest BCUT2D eigenvalue weighted by molar-refractivity contribution is 7.90. The van der Waals surface area contributed by atoms with Gasteiger partial charge in [0.2, 0.25) is 5.95 Å². The highest BCUT2D eigenvalue weighted by Crippen LogP contribution is 2.21. The van der Waals surface area contributed by atoms with E-state index in [9.17, 15) is 13.2 Å². The van der Waals surface area contributed by atoms with Gasteiger partial charge in [-0.15, -0.1) is 0 Å². The van der Waals surface area contributed by atoms with E-state index in [0.717, 1.165) is 16.6 Å². The fourth-order valence-corrected chi connectivity index (χ4v) is 4.81. The van der Waals surface area contributed by atoms with Crippen LogP contribution in [0.2, 0.25) is 0 Å². The molecular weight excluding hydrogens is 410 g/mol. The molecule has 0 spiro atoms. The van der Waals surface area contributed by atoms with Gasteiger partial charge in [0.05, 0.1) is 21.7 Å². The van der Waals surface area contributed by atoms with Crippen LogP contribution >= 0.6 is 0 Å². The first-order valence-corrected chi connectivity index (χ1v) is 11.7. The minimum Gasteiger partial charge on any atom is -0.310 e. The molecule has 0 radical (unpaired) electrons. The van der Waals surface area contributed by atoms with Crippen molar-refractivity contribution in [2.24, 2.45) is 0 Å². The lowest BCUT2D eigenvalue weighted by Crippen LogP contribution is -2.16. The van der Waals surface area contributed by atoms with Gasteiger partial charge in [-0.05, 0) is 55.8 Å². The van der Waals surface area contributed by atoms with Crippen molar-refractivity contribution in [2.75, 3.05) is 5.32 Å². The van der Waals surface area contributed by atoms with Crippen LogP contribution in [0.4, 0.5) is 5.95 Å². The summed E-state index contributed by atoms with van der Waals surface area (Å²) < 4.78 is 27.2. The molecule has 3 aromatic carbocycles. The average molecular weight is 434 g/mol. The number of fused-ring (bicyclic) bond motifs is 1. The number of nitrogens with one attached hydrogen (secondary N) is 1. The normalized spacial score (nSPS) is 11.5. The first-order chi connectivity index (χ1) is 14.9. The molecule has 0 aliphatic heterocycles. The van der Waals surface area contributed by atoms with Crippen molar-refractivity contribution in [1.29, 1.82) is 0 Å². The van der Waals surface area contributed by atoms with Gasteiger partial charge in [0.15, 0.2) is 9.84 Å². The summed E-state index contributed by atoms with van der Waals surface area (Å²) in [5, 5.41) is 2.86. The van der Waals surface area contributed by atoms with E-state index >= 15 is 0 Å². The van der Waals surface area contributed by atoms with Gasteiger partial charge in [0.25, 0.3) is 5.91 Å². The Balaban J connectivity index is 1.50. The van der Waals surface area contributed by atoms with Crippen molar-refractivity contribution in [2.45, 2.75) is 31.0 Å². The predicted molar refractivity (Wildman–Crippen MR) is 122 cm³/mol. The number of benzene rings is 3. The fourth-order valence-electron chi connectivity index (χ4n) is 3.47. The molecule has 0 aliphatic rings. The smallest absolute Gasteiger partial charge is 0.257 e. The van der Waals surface area contributed by atoms with Crippen molar-refractivity contribution in [3.63, 3.8) is 0 Å². The van der Waals surface area contributed by atoms with Gasteiger partial charge in [-0.25, -0.2) is 13.4 Å². The summed E-state index contributed by atoms with van der Waals surface area (Å²) >= 11 is 0. The lowest BCUT2D eigenvalue weighted by atomic mass is 10.1. The van der Waals surface area contributed by atoms with Crippen molar-refractivity contribution < 1.29 is 13.2 Å². The SMILES string of the molecule is CCn1c(NC(=O)c2ccc(CS(=O)(=O)c3ccc(C)cc3)cc2)nc2ccccc21. The van der Waals surface area contributed by atoms with Crippen LogP contribution in [-0.2, 0) is 22.1 Å². The largest absolute Gasteiger partial charge is 0.310 e. The molecule has 0 fully saturated rings. The molecule has 0 atom stereocenters. The lowest BCUT2D eigenvalue weighted by Gasteiger charge is -2.09. The molecule has 4 aromatic rings. The van der Waals surface area contributed by atoms with Crippen molar-refractivity contribution in [1.82, 2.24) is 9.55 Å². The summed E-state index contributed by atoms with van der Waals surface area (Å²) in [6.45, 7) is 4.58. The van der Waals surface area contributed by atoms with Crippen LogP contribution in [0.3, 0.4) is 0 Å². The Morgan fingerprint density at radius 1 is 0.968 bits per heavy atom. The van der Waals surface area contributed by atoms with Gasteiger partial charge in [-0.1, -0.05) is 42.0 Å². The zero-order valence-corrected chi connectivity index (χ0v) is 18.2. The predicted octanol–water partition coefficient (Wildman–Crippen LogP) is 4.59. The summed E-state index contributed by atoms with van der Waals surface area (Å²) in [4.78, 5) is 17.5. The van der Waals surface area contributed by atoms with Crippen molar-refractivity contribution >= 4 is 32.7 Å². The second-order valence-corrected chi connectivity index (χ2v) is 9.38. The number of nitrogens with zero attached hydrogens (tertiary/aromatic N) is 2. The van der Waals surface area contributed by atoms with Crippen LogP contribution in [0.1, 0.15) is 28.4 Å². The summed E-state index contributed by atoms with van der Waals surface area (Å²) in [7, 11) is -3.45. The molecule has 7 heteroatoms. The number of para-hydroxylation sites is 2. The molecule has 31 heavy (non-hydrogen) atoms. The van der Waals surface area contributed by atoms with E-state index in [0.29, 0.717) is 28.5 Å². The second kappa shape index (κ2) is 8.35. The Morgan fingerprint density at radius 2 is 1.65 bits per heavy atom. The molecule has 0 bridgehead atoms. The molecule has 1 heterocycles. The quantitative estimate of drug-likeness (QED) is 0.482. The molecule has 0 unspecified atom stereocenters. The van der Waals surface area contributed by atoms with Gasteiger partial charge < -0.3 is 4.57 Å². The van der Waals surface area contributed by atoms with E-state index < -0.39 is 9.84 Å². The van der Waals surface area contributed by atoms with Crippen LogP contribution in [0.5, 0.6) is 0 Å². The van der Waals surface area contributed by atoms with Gasteiger partial charge in [-0.2, -0.15) is 0 Å². The highest BCUT2D eigenvalue weighted by Gasteiger charge is 2.17. The molecule has 158 valence electrons. The molecule has 1 aromatic heterocycles. The Morgan fingerprint density at radius 3 is 2.32 bits per heavy atom. The molecule has 0 saturated heterocycles. The Bertz CT molecular complexity index is 1340. The van der Waals surface area contributed by atoms with Gasteiger partial charge >= 0.3 is 0 Å².